The molecule has 0 aliphatic heterocycles. The highest BCUT2D eigenvalue weighted by molar-refractivity contribution is 5.75. The molecule has 0 heterocycles. The van der Waals surface area contributed by atoms with Crippen LogP contribution in [0, 0.1) is 0 Å². The van der Waals surface area contributed by atoms with Gasteiger partial charge in [-0.05, 0) is 19.4 Å². The van der Waals surface area contributed by atoms with Crippen molar-refractivity contribution in [3.63, 3.8) is 0 Å². The van der Waals surface area contributed by atoms with Gasteiger partial charge in [-0.1, -0.05) is 64.7 Å². The Bertz CT molecular complexity index is 411. The molecule has 6 N–H and O–H groups in total. The van der Waals surface area contributed by atoms with Crippen molar-refractivity contribution in [1.82, 2.24) is 10.2 Å². The molecule has 0 spiro atoms. The van der Waals surface area contributed by atoms with Gasteiger partial charge >= 0.3 is 11.9 Å². The number of aliphatic hydroxyl groups excluding tert-OH is 3. The van der Waals surface area contributed by atoms with Crippen LogP contribution >= 0.6 is 0 Å². The first-order valence-electron chi connectivity index (χ1n) is 12.2. The van der Waals surface area contributed by atoms with Gasteiger partial charge in [0.2, 0.25) is 0 Å². The summed E-state index contributed by atoms with van der Waals surface area (Å²) in [6.45, 7) is 4.63. The van der Waals surface area contributed by atoms with Crippen LogP contribution in [0.15, 0.2) is 0 Å². The van der Waals surface area contributed by atoms with Gasteiger partial charge in [-0.2, -0.15) is 0 Å². The van der Waals surface area contributed by atoms with E-state index in [4.69, 9.17) is 25.5 Å². The van der Waals surface area contributed by atoms with Crippen LogP contribution in [-0.4, -0.2) is 94.4 Å². The summed E-state index contributed by atoms with van der Waals surface area (Å²) in [6.07, 6.45) is 12.5. The number of aliphatic hydroxyl groups is 3. The maximum atomic E-state index is 11.0. The summed E-state index contributed by atoms with van der Waals surface area (Å²) in [5, 5.41) is 46.0. The average molecular weight is 465 g/mol. The zero-order valence-electron chi connectivity index (χ0n) is 20.0. The SMILES string of the molecule is CCCCCCCCCCCCNC(CCC(=O)O)C(=O)O.OCCN(CCO)CCO. The molecule has 0 radical (unpaired) electrons. The highest BCUT2D eigenvalue weighted by Crippen LogP contribution is 2.10. The average Bonchev–Trinajstić information content (AvgIpc) is 2.74. The number of carboxylic acid groups (broad SMARTS) is 2. The number of hydrogen-bond donors (Lipinski definition) is 6. The zero-order valence-corrected chi connectivity index (χ0v) is 20.0. The van der Waals surface area contributed by atoms with E-state index >= 15 is 0 Å². The number of nitrogens with one attached hydrogen (secondary N) is 1. The molecule has 9 nitrogen and oxygen atoms in total. The number of aliphatic carboxylic acids is 2. The van der Waals surface area contributed by atoms with Gasteiger partial charge in [-0.15, -0.1) is 0 Å². The fourth-order valence-electron chi connectivity index (χ4n) is 3.23. The highest BCUT2D eigenvalue weighted by atomic mass is 16.4. The summed E-state index contributed by atoms with van der Waals surface area (Å²) >= 11 is 0. The van der Waals surface area contributed by atoms with Crippen molar-refractivity contribution >= 4 is 11.9 Å². The quantitative estimate of drug-likeness (QED) is 0.132. The summed E-state index contributed by atoms with van der Waals surface area (Å²) in [7, 11) is 0. The van der Waals surface area contributed by atoms with Gasteiger partial charge in [-0.25, -0.2) is 0 Å². The molecule has 192 valence electrons. The van der Waals surface area contributed by atoms with Crippen molar-refractivity contribution in [3.8, 4) is 0 Å². The van der Waals surface area contributed by atoms with Gasteiger partial charge in [0.1, 0.15) is 6.04 Å². The van der Waals surface area contributed by atoms with Gasteiger partial charge in [0, 0.05) is 26.1 Å². The Balaban J connectivity index is 0. The maximum absolute atomic E-state index is 11.0. The lowest BCUT2D eigenvalue weighted by molar-refractivity contribution is -0.140. The molecule has 0 bridgehead atoms. The van der Waals surface area contributed by atoms with Crippen LogP contribution in [0.5, 0.6) is 0 Å². The lowest BCUT2D eigenvalue weighted by Gasteiger charge is -2.17. The fourth-order valence-corrected chi connectivity index (χ4v) is 3.23. The monoisotopic (exact) mass is 464 g/mol. The van der Waals surface area contributed by atoms with Crippen LogP contribution in [0.25, 0.3) is 0 Å². The highest BCUT2D eigenvalue weighted by Gasteiger charge is 2.17. The molecule has 0 aliphatic carbocycles. The molecule has 0 aliphatic rings. The minimum Gasteiger partial charge on any atom is -0.481 e. The van der Waals surface area contributed by atoms with Crippen molar-refractivity contribution in [1.29, 1.82) is 0 Å². The smallest absolute Gasteiger partial charge is 0.320 e. The second-order valence-corrected chi connectivity index (χ2v) is 7.97. The molecule has 0 aromatic carbocycles. The summed E-state index contributed by atoms with van der Waals surface area (Å²) in [5.74, 6) is -1.92. The number of rotatable bonds is 22. The van der Waals surface area contributed by atoms with Crippen LogP contribution in [0.1, 0.15) is 84.0 Å². The molecule has 0 amide bonds. The van der Waals surface area contributed by atoms with Gasteiger partial charge in [0.05, 0.1) is 19.8 Å². The first-order valence-corrected chi connectivity index (χ1v) is 12.2. The van der Waals surface area contributed by atoms with Crippen molar-refractivity contribution in [2.75, 3.05) is 46.0 Å². The van der Waals surface area contributed by atoms with Gasteiger partial charge < -0.3 is 30.8 Å². The van der Waals surface area contributed by atoms with Gasteiger partial charge in [0.25, 0.3) is 0 Å². The van der Waals surface area contributed by atoms with Crippen LogP contribution in [0.4, 0.5) is 0 Å². The van der Waals surface area contributed by atoms with E-state index in [-0.39, 0.29) is 32.7 Å². The molecule has 1 atom stereocenters. The molecule has 0 fully saturated rings. The Kier molecular flexibility index (Phi) is 26.7. The predicted octanol–water partition coefficient (Wildman–Crippen LogP) is 2.08. The largest absolute Gasteiger partial charge is 0.481 e. The maximum Gasteiger partial charge on any atom is 0.320 e. The molecule has 0 rings (SSSR count). The van der Waals surface area contributed by atoms with E-state index in [0.29, 0.717) is 26.2 Å². The second-order valence-electron chi connectivity index (χ2n) is 7.97. The minimum absolute atomic E-state index is 0.0694. The zero-order chi connectivity index (χ0) is 24.5. The summed E-state index contributed by atoms with van der Waals surface area (Å²) in [5.41, 5.74) is 0. The molecule has 0 aromatic heterocycles. The van der Waals surface area contributed by atoms with E-state index in [2.05, 4.69) is 12.2 Å². The third-order valence-corrected chi connectivity index (χ3v) is 5.11. The molecule has 0 saturated carbocycles. The number of nitrogens with zero attached hydrogens (tertiary/aromatic N) is 1. The predicted molar refractivity (Wildman–Crippen MR) is 126 cm³/mol. The van der Waals surface area contributed by atoms with Crippen molar-refractivity contribution in [3.05, 3.63) is 0 Å². The molecule has 0 saturated heterocycles. The Labute approximate surface area is 193 Å². The number of hydrogen-bond acceptors (Lipinski definition) is 7. The van der Waals surface area contributed by atoms with Crippen LogP contribution in [0.2, 0.25) is 0 Å². The number of carboxylic acids is 2. The Morgan fingerprint density at radius 3 is 1.56 bits per heavy atom. The lowest BCUT2D eigenvalue weighted by Crippen LogP contribution is -2.37. The van der Waals surface area contributed by atoms with Crippen molar-refractivity contribution in [2.24, 2.45) is 0 Å². The van der Waals surface area contributed by atoms with E-state index in [9.17, 15) is 9.59 Å². The minimum atomic E-state index is -0.965. The van der Waals surface area contributed by atoms with E-state index in [1.165, 1.54) is 51.4 Å². The van der Waals surface area contributed by atoms with E-state index in [1.807, 2.05) is 0 Å². The van der Waals surface area contributed by atoms with Gasteiger partial charge in [0.15, 0.2) is 0 Å². The Morgan fingerprint density at radius 2 is 1.19 bits per heavy atom. The van der Waals surface area contributed by atoms with E-state index in [1.54, 1.807) is 4.90 Å². The molecular weight excluding hydrogens is 416 g/mol. The van der Waals surface area contributed by atoms with Crippen LogP contribution in [0.3, 0.4) is 0 Å². The molecule has 0 aromatic rings. The molecule has 1 unspecified atom stereocenters. The third kappa shape index (κ3) is 25.0. The van der Waals surface area contributed by atoms with Crippen molar-refractivity contribution in [2.45, 2.75) is 90.0 Å². The number of carbonyl (C=O) groups is 2. The molecule has 32 heavy (non-hydrogen) atoms. The molecular formula is C23H48N2O7. The first kappa shape index (κ1) is 32.9. The summed E-state index contributed by atoms with van der Waals surface area (Å²) < 4.78 is 0. The fraction of sp³-hybridized carbons (Fsp3) is 0.913. The van der Waals surface area contributed by atoms with Crippen molar-refractivity contribution < 1.29 is 35.1 Å². The Morgan fingerprint density at radius 1 is 0.750 bits per heavy atom. The normalized spacial score (nSPS) is 11.8. The third-order valence-electron chi connectivity index (χ3n) is 5.11. The standard InChI is InChI=1S/C17H33NO4.C6H15NO3/c1-2-3-4-5-6-7-8-9-10-11-14-18-15(17(21)22)12-13-16(19)20;8-4-1-7(2-5-9)3-6-10/h15,18H,2-14H2,1H3,(H,19,20)(H,21,22);8-10H,1-6H2. The van der Waals surface area contributed by atoms with Crippen LogP contribution in [-0.2, 0) is 9.59 Å². The van der Waals surface area contributed by atoms with Gasteiger partial charge in [-0.3, -0.25) is 14.5 Å². The van der Waals surface area contributed by atoms with E-state index in [0.717, 1.165) is 12.8 Å². The number of unbranched alkanes of at least 4 members (excludes halogenated alkanes) is 9. The van der Waals surface area contributed by atoms with Crippen LogP contribution < -0.4 is 5.32 Å². The second kappa shape index (κ2) is 26.0. The Hall–Kier alpha value is -1.26. The summed E-state index contributed by atoms with van der Waals surface area (Å²) in [6, 6.07) is -0.741. The summed E-state index contributed by atoms with van der Waals surface area (Å²) in [4.78, 5) is 23.2. The lowest BCUT2D eigenvalue weighted by atomic mass is 10.1. The molecule has 9 heteroatoms. The van der Waals surface area contributed by atoms with E-state index < -0.39 is 18.0 Å². The topological polar surface area (TPSA) is 151 Å². The first-order chi connectivity index (χ1) is 15.4.